The lowest BCUT2D eigenvalue weighted by Crippen LogP contribution is -2.10. The van der Waals surface area contributed by atoms with Crippen molar-refractivity contribution in [1.29, 1.82) is 0 Å². The van der Waals surface area contributed by atoms with E-state index in [0.29, 0.717) is 5.75 Å². The highest BCUT2D eigenvalue weighted by molar-refractivity contribution is 8.00. The first kappa shape index (κ1) is 14.9. The molecule has 2 aromatic carbocycles. The van der Waals surface area contributed by atoms with Gasteiger partial charge in [0.25, 0.3) is 0 Å². The molecule has 0 aliphatic heterocycles. The van der Waals surface area contributed by atoms with Crippen LogP contribution in [-0.2, 0) is 5.41 Å². The number of benzene rings is 2. The molecule has 2 aromatic rings. The number of thioether (sulfide) groups is 1. The quantitative estimate of drug-likeness (QED) is 0.583. The largest absolute Gasteiger partial charge is 0.293 e. The molecular weight excluding hydrogens is 264 g/mol. The summed E-state index contributed by atoms with van der Waals surface area (Å²) in [6.45, 7) is 6.61. The van der Waals surface area contributed by atoms with Gasteiger partial charge in [0.15, 0.2) is 5.78 Å². The Labute approximate surface area is 125 Å². The second-order valence-corrected chi connectivity index (χ2v) is 6.90. The summed E-state index contributed by atoms with van der Waals surface area (Å²) in [5, 5.41) is 0. The molecule has 0 saturated heterocycles. The Morgan fingerprint density at radius 1 is 0.950 bits per heavy atom. The zero-order chi connectivity index (χ0) is 14.6. The summed E-state index contributed by atoms with van der Waals surface area (Å²) in [6, 6.07) is 18.0. The van der Waals surface area contributed by atoms with Gasteiger partial charge in [0.05, 0.1) is 5.75 Å². The topological polar surface area (TPSA) is 17.1 Å². The smallest absolute Gasteiger partial charge is 0.173 e. The molecule has 2 heteroatoms. The zero-order valence-electron chi connectivity index (χ0n) is 12.2. The minimum atomic E-state index is 0.170. The molecule has 0 spiro atoms. The Morgan fingerprint density at radius 3 is 2.10 bits per heavy atom. The first-order valence-electron chi connectivity index (χ1n) is 6.78. The minimum absolute atomic E-state index is 0.170. The zero-order valence-corrected chi connectivity index (χ0v) is 13.0. The van der Waals surface area contributed by atoms with E-state index in [0.717, 1.165) is 10.5 Å². The Balaban J connectivity index is 1.96. The van der Waals surface area contributed by atoms with E-state index < -0.39 is 0 Å². The van der Waals surface area contributed by atoms with Crippen molar-refractivity contribution in [2.24, 2.45) is 0 Å². The van der Waals surface area contributed by atoms with Gasteiger partial charge in [-0.05, 0) is 23.1 Å². The second-order valence-electron chi connectivity index (χ2n) is 5.85. The van der Waals surface area contributed by atoms with Crippen LogP contribution in [0.5, 0.6) is 0 Å². The number of hydrogen-bond acceptors (Lipinski definition) is 2. The summed E-state index contributed by atoms with van der Waals surface area (Å²) in [5.41, 5.74) is 2.27. The molecule has 0 radical (unpaired) electrons. The van der Waals surface area contributed by atoms with Crippen LogP contribution in [0, 0.1) is 0 Å². The molecule has 0 fully saturated rings. The lowest BCUT2D eigenvalue weighted by Gasteiger charge is -2.19. The third-order valence-electron chi connectivity index (χ3n) is 3.19. The van der Waals surface area contributed by atoms with Crippen molar-refractivity contribution < 1.29 is 4.79 Å². The van der Waals surface area contributed by atoms with Crippen molar-refractivity contribution in [1.82, 2.24) is 0 Å². The van der Waals surface area contributed by atoms with Crippen molar-refractivity contribution in [3.05, 3.63) is 65.7 Å². The van der Waals surface area contributed by atoms with E-state index >= 15 is 0 Å². The van der Waals surface area contributed by atoms with Crippen LogP contribution in [0.3, 0.4) is 0 Å². The summed E-state index contributed by atoms with van der Waals surface area (Å²) in [4.78, 5) is 13.2. The van der Waals surface area contributed by atoms with Crippen molar-refractivity contribution in [3.63, 3.8) is 0 Å². The van der Waals surface area contributed by atoms with Gasteiger partial charge >= 0.3 is 0 Å². The highest BCUT2D eigenvalue weighted by atomic mass is 32.2. The Hall–Kier alpha value is -1.54. The fourth-order valence-corrected chi connectivity index (χ4v) is 2.70. The lowest BCUT2D eigenvalue weighted by molar-refractivity contribution is 0.102. The number of hydrogen-bond donors (Lipinski definition) is 0. The van der Waals surface area contributed by atoms with Gasteiger partial charge in [0.1, 0.15) is 0 Å². The predicted molar refractivity (Wildman–Crippen MR) is 86.6 cm³/mol. The normalized spacial score (nSPS) is 11.3. The third kappa shape index (κ3) is 3.97. The Kier molecular flexibility index (Phi) is 4.66. The number of carbonyl (C=O) groups excluding carboxylic acids is 1. The maximum absolute atomic E-state index is 12.0. The fraction of sp³-hybridized carbons (Fsp3) is 0.278. The van der Waals surface area contributed by atoms with E-state index in [4.69, 9.17) is 0 Å². The van der Waals surface area contributed by atoms with Gasteiger partial charge < -0.3 is 0 Å². The van der Waals surface area contributed by atoms with Crippen LogP contribution in [0.25, 0.3) is 0 Å². The molecule has 0 aliphatic rings. The van der Waals surface area contributed by atoms with Crippen LogP contribution in [-0.4, -0.2) is 11.5 Å². The molecule has 0 amide bonds. The predicted octanol–water partition coefficient (Wildman–Crippen LogP) is 4.96. The van der Waals surface area contributed by atoms with Crippen LogP contribution in [0.2, 0.25) is 0 Å². The lowest BCUT2D eigenvalue weighted by atomic mass is 9.87. The third-order valence-corrected chi connectivity index (χ3v) is 4.20. The van der Waals surface area contributed by atoms with Crippen molar-refractivity contribution in [3.8, 4) is 0 Å². The van der Waals surface area contributed by atoms with Crippen LogP contribution in [0.1, 0.15) is 36.7 Å². The first-order valence-corrected chi connectivity index (χ1v) is 7.77. The summed E-state index contributed by atoms with van der Waals surface area (Å²) in [5.74, 6) is 0.661. The van der Waals surface area contributed by atoms with E-state index in [1.54, 1.807) is 11.8 Å². The summed E-state index contributed by atoms with van der Waals surface area (Å²) in [6.07, 6.45) is 0. The Bertz CT molecular complexity index is 565. The van der Waals surface area contributed by atoms with Gasteiger partial charge in [-0.25, -0.2) is 0 Å². The van der Waals surface area contributed by atoms with Crippen LogP contribution < -0.4 is 0 Å². The van der Waals surface area contributed by atoms with E-state index in [2.05, 4.69) is 45.0 Å². The summed E-state index contributed by atoms with van der Waals surface area (Å²) >= 11 is 1.59. The van der Waals surface area contributed by atoms with Crippen molar-refractivity contribution >= 4 is 17.5 Å². The van der Waals surface area contributed by atoms with Crippen LogP contribution in [0.4, 0.5) is 0 Å². The molecule has 20 heavy (non-hydrogen) atoms. The molecule has 0 saturated carbocycles. The van der Waals surface area contributed by atoms with Crippen molar-refractivity contribution in [2.75, 3.05) is 5.75 Å². The van der Waals surface area contributed by atoms with Gasteiger partial charge in [-0.1, -0.05) is 63.2 Å². The average molecular weight is 284 g/mol. The molecule has 0 N–H and O–H groups in total. The maximum atomic E-state index is 12.0. The van der Waals surface area contributed by atoms with Gasteiger partial charge in [-0.2, -0.15) is 0 Å². The number of rotatable bonds is 4. The highest BCUT2D eigenvalue weighted by Crippen LogP contribution is 2.26. The minimum Gasteiger partial charge on any atom is -0.293 e. The fourth-order valence-electron chi connectivity index (χ4n) is 1.91. The van der Waals surface area contributed by atoms with Crippen LogP contribution >= 0.6 is 11.8 Å². The molecule has 104 valence electrons. The Morgan fingerprint density at radius 2 is 1.55 bits per heavy atom. The second kappa shape index (κ2) is 6.27. The van der Waals surface area contributed by atoms with Gasteiger partial charge in [-0.3, -0.25) is 4.79 Å². The van der Waals surface area contributed by atoms with Gasteiger partial charge in [0.2, 0.25) is 0 Å². The first-order chi connectivity index (χ1) is 9.47. The van der Waals surface area contributed by atoms with E-state index in [1.807, 2.05) is 30.3 Å². The molecule has 0 bridgehead atoms. The summed E-state index contributed by atoms with van der Waals surface area (Å²) in [7, 11) is 0. The van der Waals surface area contributed by atoms with Crippen molar-refractivity contribution in [2.45, 2.75) is 31.1 Å². The van der Waals surface area contributed by atoms with E-state index in [-0.39, 0.29) is 11.2 Å². The standard InChI is InChI=1S/C18H20OS/c1-18(2,3)15-9-11-16(12-10-15)20-13-17(19)14-7-5-4-6-8-14/h4-12H,13H2,1-3H3. The number of carbonyl (C=O) groups is 1. The van der Waals surface area contributed by atoms with E-state index in [1.165, 1.54) is 5.56 Å². The highest BCUT2D eigenvalue weighted by Gasteiger charge is 2.13. The summed E-state index contributed by atoms with van der Waals surface area (Å²) < 4.78 is 0. The molecular formula is C18H20OS. The van der Waals surface area contributed by atoms with Crippen LogP contribution in [0.15, 0.2) is 59.5 Å². The monoisotopic (exact) mass is 284 g/mol. The number of ketones is 1. The molecule has 0 aromatic heterocycles. The molecule has 1 nitrogen and oxygen atoms in total. The van der Waals surface area contributed by atoms with Gasteiger partial charge in [0, 0.05) is 10.5 Å². The molecule has 2 rings (SSSR count). The molecule has 0 heterocycles. The average Bonchev–Trinajstić information content (AvgIpc) is 2.45. The molecule has 0 atom stereocenters. The SMILES string of the molecule is CC(C)(C)c1ccc(SCC(=O)c2ccccc2)cc1. The molecule has 0 unspecified atom stereocenters. The van der Waals surface area contributed by atoms with Gasteiger partial charge in [-0.15, -0.1) is 11.8 Å². The molecule has 0 aliphatic carbocycles. The number of Topliss-reactive ketones (excluding diaryl/α,β-unsaturated/α-hetero) is 1. The van der Waals surface area contributed by atoms with E-state index in [9.17, 15) is 4.79 Å². The maximum Gasteiger partial charge on any atom is 0.173 e.